The first-order chi connectivity index (χ1) is 9.65. The number of carbonyl (C=O) groups is 2. The SMILES string of the molecule is Cc1nn(C)c(C(=O)N[C@H](CC(C)C)C(=O)O)c1[N+](=O)[O-]. The molecule has 0 saturated carbocycles. The van der Waals surface area contributed by atoms with Crippen LogP contribution in [0.25, 0.3) is 0 Å². The maximum Gasteiger partial charge on any atom is 0.326 e. The molecule has 21 heavy (non-hydrogen) atoms. The summed E-state index contributed by atoms with van der Waals surface area (Å²) in [6.45, 7) is 5.05. The van der Waals surface area contributed by atoms with Crippen molar-refractivity contribution in [2.45, 2.75) is 33.2 Å². The first-order valence-electron chi connectivity index (χ1n) is 6.36. The molecule has 1 rings (SSSR count). The summed E-state index contributed by atoms with van der Waals surface area (Å²) in [5.41, 5.74) is -0.570. The Bertz CT molecular complexity index is 578. The van der Waals surface area contributed by atoms with E-state index in [0.717, 1.165) is 4.68 Å². The fourth-order valence-electron chi connectivity index (χ4n) is 2.04. The van der Waals surface area contributed by atoms with Crippen LogP contribution in [0.3, 0.4) is 0 Å². The highest BCUT2D eigenvalue weighted by atomic mass is 16.6. The largest absolute Gasteiger partial charge is 0.480 e. The van der Waals surface area contributed by atoms with Gasteiger partial charge in [-0.05, 0) is 19.3 Å². The summed E-state index contributed by atoms with van der Waals surface area (Å²) in [4.78, 5) is 33.6. The van der Waals surface area contributed by atoms with Crippen LogP contribution in [-0.4, -0.2) is 37.7 Å². The van der Waals surface area contributed by atoms with E-state index in [1.165, 1.54) is 14.0 Å². The van der Waals surface area contributed by atoms with Crippen LogP contribution in [0.15, 0.2) is 0 Å². The lowest BCUT2D eigenvalue weighted by Crippen LogP contribution is -2.42. The summed E-state index contributed by atoms with van der Waals surface area (Å²) in [5, 5.41) is 26.3. The molecular weight excluding hydrogens is 280 g/mol. The molecule has 0 bridgehead atoms. The molecule has 9 nitrogen and oxygen atoms in total. The zero-order chi connectivity index (χ0) is 16.3. The number of carboxylic acids is 1. The topological polar surface area (TPSA) is 127 Å². The number of hydrogen-bond donors (Lipinski definition) is 2. The smallest absolute Gasteiger partial charge is 0.326 e. The van der Waals surface area contributed by atoms with Crippen molar-refractivity contribution < 1.29 is 19.6 Å². The molecule has 2 N–H and O–H groups in total. The van der Waals surface area contributed by atoms with Crippen LogP contribution in [0.4, 0.5) is 5.69 Å². The van der Waals surface area contributed by atoms with Gasteiger partial charge in [0.25, 0.3) is 5.91 Å². The third-order valence-electron chi connectivity index (χ3n) is 2.90. The number of nitro groups is 1. The van der Waals surface area contributed by atoms with Crippen molar-refractivity contribution in [3.63, 3.8) is 0 Å². The Balaban J connectivity index is 3.09. The van der Waals surface area contributed by atoms with E-state index in [0.29, 0.717) is 0 Å². The van der Waals surface area contributed by atoms with Gasteiger partial charge in [0.05, 0.1) is 4.92 Å². The van der Waals surface area contributed by atoms with Crippen LogP contribution < -0.4 is 5.32 Å². The van der Waals surface area contributed by atoms with Gasteiger partial charge in [-0.15, -0.1) is 0 Å². The zero-order valence-electron chi connectivity index (χ0n) is 12.3. The van der Waals surface area contributed by atoms with E-state index < -0.39 is 28.5 Å². The van der Waals surface area contributed by atoms with E-state index in [1.807, 2.05) is 13.8 Å². The first kappa shape index (κ1) is 16.6. The van der Waals surface area contributed by atoms with Crippen LogP contribution >= 0.6 is 0 Å². The van der Waals surface area contributed by atoms with Gasteiger partial charge in [0.15, 0.2) is 0 Å². The minimum atomic E-state index is -1.18. The summed E-state index contributed by atoms with van der Waals surface area (Å²) in [6.07, 6.45) is 0.228. The molecule has 1 atom stereocenters. The van der Waals surface area contributed by atoms with E-state index >= 15 is 0 Å². The molecule has 0 aliphatic heterocycles. The number of aromatic nitrogens is 2. The number of amides is 1. The third kappa shape index (κ3) is 3.77. The Labute approximate surface area is 121 Å². The van der Waals surface area contributed by atoms with Crippen LogP contribution in [-0.2, 0) is 11.8 Å². The van der Waals surface area contributed by atoms with Crippen LogP contribution in [0.2, 0.25) is 0 Å². The fraction of sp³-hybridized carbons (Fsp3) is 0.583. The van der Waals surface area contributed by atoms with Crippen LogP contribution in [0.5, 0.6) is 0 Å². The highest BCUT2D eigenvalue weighted by Gasteiger charge is 2.31. The molecule has 0 aliphatic carbocycles. The monoisotopic (exact) mass is 298 g/mol. The average molecular weight is 298 g/mol. The number of aryl methyl sites for hydroxylation is 2. The standard InChI is InChI=1S/C12H18N4O5/c1-6(2)5-8(12(18)19)13-11(17)10-9(16(20)21)7(3)14-15(10)4/h6,8H,5H2,1-4H3,(H,13,17)(H,18,19)/t8-/m1/s1. The second-order valence-electron chi connectivity index (χ2n) is 5.16. The molecular formula is C12H18N4O5. The van der Waals surface area contributed by atoms with E-state index in [1.54, 1.807) is 0 Å². The second kappa shape index (κ2) is 6.33. The summed E-state index contributed by atoms with van der Waals surface area (Å²) >= 11 is 0. The minimum Gasteiger partial charge on any atom is -0.480 e. The van der Waals surface area contributed by atoms with Gasteiger partial charge in [-0.2, -0.15) is 5.10 Å². The van der Waals surface area contributed by atoms with E-state index in [9.17, 15) is 19.7 Å². The normalized spacial score (nSPS) is 12.2. The predicted molar refractivity (Wildman–Crippen MR) is 72.9 cm³/mol. The summed E-state index contributed by atoms with van der Waals surface area (Å²) in [5.74, 6) is -1.95. The Kier molecular flexibility index (Phi) is 5.01. The maximum atomic E-state index is 12.2. The average Bonchev–Trinajstić information content (AvgIpc) is 2.62. The third-order valence-corrected chi connectivity index (χ3v) is 2.90. The number of aliphatic carboxylic acids is 1. The highest BCUT2D eigenvalue weighted by Crippen LogP contribution is 2.22. The molecule has 1 aromatic heterocycles. The fourth-order valence-corrected chi connectivity index (χ4v) is 2.04. The number of carbonyl (C=O) groups excluding carboxylic acids is 1. The minimum absolute atomic E-state index is 0.0506. The van der Waals surface area contributed by atoms with Gasteiger partial charge < -0.3 is 10.4 Å². The lowest BCUT2D eigenvalue weighted by molar-refractivity contribution is -0.385. The predicted octanol–water partition coefficient (Wildman–Crippen LogP) is 0.866. The summed E-state index contributed by atoms with van der Waals surface area (Å²) in [7, 11) is 1.40. The maximum absolute atomic E-state index is 12.2. The Morgan fingerprint density at radius 2 is 2.05 bits per heavy atom. The molecule has 0 fully saturated rings. The number of hydrogen-bond acceptors (Lipinski definition) is 5. The van der Waals surface area contributed by atoms with Gasteiger partial charge >= 0.3 is 11.7 Å². The van der Waals surface area contributed by atoms with Crippen molar-refractivity contribution in [1.82, 2.24) is 15.1 Å². The van der Waals surface area contributed by atoms with Gasteiger partial charge in [-0.1, -0.05) is 13.8 Å². The van der Waals surface area contributed by atoms with E-state index in [4.69, 9.17) is 5.11 Å². The first-order valence-corrected chi connectivity index (χ1v) is 6.36. The lowest BCUT2D eigenvalue weighted by Gasteiger charge is -2.16. The van der Waals surface area contributed by atoms with Crippen molar-refractivity contribution in [2.24, 2.45) is 13.0 Å². The van der Waals surface area contributed by atoms with Crippen molar-refractivity contribution in [3.8, 4) is 0 Å². The zero-order valence-corrected chi connectivity index (χ0v) is 12.3. The molecule has 1 heterocycles. The van der Waals surface area contributed by atoms with Crippen molar-refractivity contribution in [1.29, 1.82) is 0 Å². The Hall–Kier alpha value is -2.45. The molecule has 0 unspecified atom stereocenters. The van der Waals surface area contributed by atoms with E-state index in [-0.39, 0.29) is 23.7 Å². The Morgan fingerprint density at radius 3 is 2.48 bits per heavy atom. The second-order valence-corrected chi connectivity index (χ2v) is 5.16. The quantitative estimate of drug-likeness (QED) is 0.592. The molecule has 0 radical (unpaired) electrons. The van der Waals surface area contributed by atoms with Crippen molar-refractivity contribution >= 4 is 17.6 Å². The number of nitrogens with one attached hydrogen (secondary N) is 1. The number of nitrogens with zero attached hydrogens (tertiary/aromatic N) is 3. The summed E-state index contributed by atoms with van der Waals surface area (Å²) in [6, 6.07) is -1.10. The van der Waals surface area contributed by atoms with Gasteiger partial charge in [0, 0.05) is 7.05 Å². The Morgan fingerprint density at radius 1 is 1.48 bits per heavy atom. The lowest BCUT2D eigenvalue weighted by atomic mass is 10.0. The van der Waals surface area contributed by atoms with Gasteiger partial charge in [0.1, 0.15) is 11.7 Å². The molecule has 0 aliphatic rings. The molecule has 1 aromatic rings. The molecule has 116 valence electrons. The van der Waals surface area contributed by atoms with Crippen LogP contribution in [0.1, 0.15) is 36.5 Å². The van der Waals surface area contributed by atoms with Gasteiger partial charge in [-0.3, -0.25) is 19.6 Å². The molecule has 1 amide bonds. The summed E-state index contributed by atoms with van der Waals surface area (Å²) < 4.78 is 1.08. The number of carboxylic acid groups (broad SMARTS) is 1. The molecule has 0 saturated heterocycles. The molecule has 0 spiro atoms. The molecule has 0 aromatic carbocycles. The highest BCUT2D eigenvalue weighted by molar-refractivity contribution is 5.98. The molecule has 9 heteroatoms. The van der Waals surface area contributed by atoms with Crippen molar-refractivity contribution in [2.75, 3.05) is 0 Å². The number of rotatable bonds is 6. The van der Waals surface area contributed by atoms with Crippen LogP contribution in [0, 0.1) is 23.0 Å². The van der Waals surface area contributed by atoms with Crippen molar-refractivity contribution in [3.05, 3.63) is 21.5 Å². The van der Waals surface area contributed by atoms with Gasteiger partial charge in [0.2, 0.25) is 5.69 Å². The van der Waals surface area contributed by atoms with Gasteiger partial charge in [-0.25, -0.2) is 4.79 Å². The van der Waals surface area contributed by atoms with E-state index in [2.05, 4.69) is 10.4 Å².